The molecular weight excluding hydrogens is 411 g/mol. The van der Waals surface area contributed by atoms with E-state index in [1.54, 1.807) is 19.1 Å². The lowest BCUT2D eigenvalue weighted by Crippen LogP contribution is -2.57. The van der Waals surface area contributed by atoms with Gasteiger partial charge in [0.05, 0.1) is 12.3 Å². The summed E-state index contributed by atoms with van der Waals surface area (Å²) < 4.78 is 19.3. The number of carbonyl (C=O) groups excluding carboxylic acids is 2. The molecule has 0 aromatic heterocycles. The lowest BCUT2D eigenvalue weighted by atomic mass is 9.91. The van der Waals surface area contributed by atoms with Crippen molar-refractivity contribution >= 4 is 23.5 Å². The zero-order chi connectivity index (χ0) is 22.7. The topological polar surface area (TPSA) is 74.2 Å². The minimum Gasteiger partial charge on any atom is -0.465 e. The molecule has 2 aromatic rings. The molecule has 32 heavy (non-hydrogen) atoms. The number of halogens is 1. The quantitative estimate of drug-likeness (QED) is 0.587. The average molecular weight is 439 g/mol. The molecule has 0 radical (unpaired) electrons. The third-order valence-electron chi connectivity index (χ3n) is 5.83. The second-order valence-electron chi connectivity index (χ2n) is 7.95. The number of ether oxygens (including phenoxy) is 1. The van der Waals surface area contributed by atoms with Crippen LogP contribution in [0.4, 0.5) is 10.1 Å². The molecule has 0 aliphatic carbocycles. The van der Waals surface area contributed by atoms with Crippen molar-refractivity contribution in [2.24, 2.45) is 10.9 Å². The second kappa shape index (κ2) is 9.38. The number of carbonyl (C=O) groups is 2. The van der Waals surface area contributed by atoms with Crippen molar-refractivity contribution in [3.63, 3.8) is 0 Å². The minimum atomic E-state index is -1.04. The number of hydrogen-bond acceptors (Lipinski definition) is 6. The lowest BCUT2D eigenvalue weighted by Gasteiger charge is -2.39. The van der Waals surface area contributed by atoms with Crippen LogP contribution in [0.3, 0.4) is 0 Å². The molecule has 168 valence electrons. The van der Waals surface area contributed by atoms with Crippen molar-refractivity contribution in [1.82, 2.24) is 10.2 Å². The minimum absolute atomic E-state index is 0.192. The number of hydrogen-bond donors (Lipinski definition) is 1. The van der Waals surface area contributed by atoms with Gasteiger partial charge in [0, 0.05) is 26.2 Å². The van der Waals surface area contributed by atoms with Crippen LogP contribution in [0.15, 0.2) is 53.5 Å². The maximum atomic E-state index is 14.1. The maximum Gasteiger partial charge on any atom is 0.321 e. The van der Waals surface area contributed by atoms with Gasteiger partial charge in [-0.2, -0.15) is 0 Å². The van der Waals surface area contributed by atoms with Crippen LogP contribution in [0, 0.1) is 18.7 Å². The normalized spacial score (nSPS) is 21.1. The third-order valence-corrected chi connectivity index (χ3v) is 5.83. The van der Waals surface area contributed by atoms with Gasteiger partial charge in [0.25, 0.3) is 0 Å². The highest BCUT2D eigenvalue weighted by Crippen LogP contribution is 2.31. The summed E-state index contributed by atoms with van der Waals surface area (Å²) in [5.74, 6) is -1.85. The Labute approximate surface area is 186 Å². The smallest absolute Gasteiger partial charge is 0.321 e. The maximum absolute atomic E-state index is 14.1. The summed E-state index contributed by atoms with van der Waals surface area (Å²) in [4.78, 5) is 34.3. The van der Waals surface area contributed by atoms with Gasteiger partial charge < -0.3 is 14.5 Å². The number of nitrogens with one attached hydrogen (secondary N) is 1. The van der Waals surface area contributed by atoms with Crippen LogP contribution in [0.2, 0.25) is 0 Å². The molecule has 1 saturated heterocycles. The molecule has 2 atom stereocenters. The number of guanidine groups is 1. The first-order valence-corrected chi connectivity index (χ1v) is 10.8. The molecule has 8 heteroatoms. The van der Waals surface area contributed by atoms with E-state index in [9.17, 15) is 14.0 Å². The molecule has 4 rings (SSSR count). The fourth-order valence-electron chi connectivity index (χ4n) is 4.10. The molecule has 0 spiro atoms. The fraction of sp³-hybridized carbons (Fsp3) is 0.375. The molecule has 1 fully saturated rings. The third kappa shape index (κ3) is 4.44. The average Bonchev–Trinajstić information content (AvgIpc) is 2.79. The van der Waals surface area contributed by atoms with E-state index in [0.29, 0.717) is 37.8 Å². The van der Waals surface area contributed by atoms with Gasteiger partial charge in [-0.3, -0.25) is 14.9 Å². The van der Waals surface area contributed by atoms with Gasteiger partial charge in [0.1, 0.15) is 11.9 Å². The Morgan fingerprint density at radius 3 is 2.41 bits per heavy atom. The van der Waals surface area contributed by atoms with E-state index in [-0.39, 0.29) is 12.4 Å². The SMILES string of the molecule is CCOC(=O)C1C(=O)NC(N2CCN(c3ccccc3F)CC2)=NC1c1ccc(C)cc1. The van der Waals surface area contributed by atoms with Crippen LogP contribution in [-0.2, 0) is 14.3 Å². The molecule has 2 heterocycles. The van der Waals surface area contributed by atoms with E-state index in [4.69, 9.17) is 9.73 Å². The summed E-state index contributed by atoms with van der Waals surface area (Å²) in [6.45, 7) is 6.19. The van der Waals surface area contributed by atoms with Crippen molar-refractivity contribution in [3.8, 4) is 0 Å². The lowest BCUT2D eigenvalue weighted by molar-refractivity contribution is -0.153. The molecule has 7 nitrogen and oxygen atoms in total. The molecular formula is C24H27FN4O3. The standard InChI is InChI=1S/C24H27FN4O3/c1-3-32-23(31)20-21(17-10-8-16(2)9-11-17)26-24(27-22(20)30)29-14-12-28(13-15-29)19-7-5-4-6-18(19)25/h4-11,20-21H,3,12-15H2,1-2H3,(H,26,27,30). The summed E-state index contributed by atoms with van der Waals surface area (Å²) in [5, 5.41) is 2.80. The number of esters is 1. The second-order valence-corrected chi connectivity index (χ2v) is 7.95. The van der Waals surface area contributed by atoms with Crippen molar-refractivity contribution in [1.29, 1.82) is 0 Å². The van der Waals surface area contributed by atoms with Gasteiger partial charge in [-0.1, -0.05) is 42.0 Å². The highest BCUT2D eigenvalue weighted by molar-refractivity contribution is 6.08. The molecule has 2 aromatic carbocycles. The Morgan fingerprint density at radius 2 is 1.75 bits per heavy atom. The van der Waals surface area contributed by atoms with Crippen LogP contribution in [0.25, 0.3) is 0 Å². The highest BCUT2D eigenvalue weighted by atomic mass is 19.1. The summed E-state index contributed by atoms with van der Waals surface area (Å²) >= 11 is 0. The first-order chi connectivity index (χ1) is 15.5. The van der Waals surface area contributed by atoms with Crippen LogP contribution >= 0.6 is 0 Å². The van der Waals surface area contributed by atoms with Crippen LogP contribution in [-0.4, -0.2) is 55.5 Å². The summed E-state index contributed by atoms with van der Waals surface area (Å²) in [6.07, 6.45) is 0. The van der Waals surface area contributed by atoms with Crippen LogP contribution in [0.1, 0.15) is 24.1 Å². The number of aliphatic imine (C=N–C) groups is 1. The fourth-order valence-corrected chi connectivity index (χ4v) is 4.10. The van der Waals surface area contributed by atoms with E-state index in [2.05, 4.69) is 5.32 Å². The van der Waals surface area contributed by atoms with E-state index >= 15 is 0 Å². The molecule has 2 aliphatic heterocycles. The van der Waals surface area contributed by atoms with E-state index in [1.165, 1.54) is 6.07 Å². The Kier molecular flexibility index (Phi) is 6.39. The van der Waals surface area contributed by atoms with E-state index in [1.807, 2.05) is 47.1 Å². The van der Waals surface area contributed by atoms with Gasteiger partial charge in [-0.25, -0.2) is 9.38 Å². The number of amides is 1. The molecule has 2 aliphatic rings. The van der Waals surface area contributed by atoms with Crippen LogP contribution < -0.4 is 10.2 Å². The van der Waals surface area contributed by atoms with Gasteiger partial charge in [0.2, 0.25) is 11.9 Å². The van der Waals surface area contributed by atoms with Crippen molar-refractivity contribution in [2.75, 3.05) is 37.7 Å². The Hall–Kier alpha value is -3.42. The predicted octanol–water partition coefficient (Wildman–Crippen LogP) is 2.66. The summed E-state index contributed by atoms with van der Waals surface area (Å²) in [5.41, 5.74) is 2.43. The number of nitrogens with zero attached hydrogens (tertiary/aromatic N) is 3. The summed E-state index contributed by atoms with van der Waals surface area (Å²) in [7, 11) is 0. The zero-order valence-corrected chi connectivity index (χ0v) is 18.3. The number of aryl methyl sites for hydroxylation is 1. The predicted molar refractivity (Wildman–Crippen MR) is 120 cm³/mol. The van der Waals surface area contributed by atoms with E-state index < -0.39 is 23.8 Å². The van der Waals surface area contributed by atoms with Crippen molar-refractivity contribution in [2.45, 2.75) is 19.9 Å². The van der Waals surface area contributed by atoms with Gasteiger partial charge in [0.15, 0.2) is 5.92 Å². The molecule has 2 unspecified atom stereocenters. The monoisotopic (exact) mass is 438 g/mol. The van der Waals surface area contributed by atoms with Gasteiger partial charge >= 0.3 is 5.97 Å². The number of benzene rings is 2. The molecule has 1 N–H and O–H groups in total. The Bertz CT molecular complexity index is 1020. The Morgan fingerprint density at radius 1 is 1.09 bits per heavy atom. The molecule has 0 bridgehead atoms. The zero-order valence-electron chi connectivity index (χ0n) is 18.3. The molecule has 0 saturated carbocycles. The van der Waals surface area contributed by atoms with Gasteiger partial charge in [-0.05, 0) is 31.5 Å². The number of rotatable bonds is 4. The van der Waals surface area contributed by atoms with E-state index in [0.717, 1.165) is 11.1 Å². The first kappa shape index (κ1) is 21.8. The Balaban J connectivity index is 1.56. The highest BCUT2D eigenvalue weighted by Gasteiger charge is 2.42. The number of anilines is 1. The van der Waals surface area contributed by atoms with Crippen molar-refractivity contribution < 1.29 is 18.7 Å². The number of para-hydroxylation sites is 1. The first-order valence-electron chi connectivity index (χ1n) is 10.8. The summed E-state index contributed by atoms with van der Waals surface area (Å²) in [6, 6.07) is 13.7. The largest absolute Gasteiger partial charge is 0.465 e. The van der Waals surface area contributed by atoms with Crippen molar-refractivity contribution in [3.05, 3.63) is 65.5 Å². The van der Waals surface area contributed by atoms with Crippen LogP contribution in [0.5, 0.6) is 0 Å². The molecule has 1 amide bonds. The van der Waals surface area contributed by atoms with Gasteiger partial charge in [-0.15, -0.1) is 0 Å². The number of piperazine rings is 1.